The molecule has 3 aliphatic rings. The van der Waals surface area contributed by atoms with E-state index < -0.39 is 0 Å². The fourth-order valence-electron chi connectivity index (χ4n) is 4.54. The lowest BCUT2D eigenvalue weighted by molar-refractivity contribution is -0.158. The number of hydrogen-bond acceptors (Lipinski definition) is 4. The van der Waals surface area contributed by atoms with E-state index in [0.29, 0.717) is 32.1 Å². The van der Waals surface area contributed by atoms with E-state index in [4.69, 9.17) is 0 Å². The highest BCUT2D eigenvalue weighted by atomic mass is 16.2. The van der Waals surface area contributed by atoms with Gasteiger partial charge in [-0.1, -0.05) is 12.8 Å². The summed E-state index contributed by atoms with van der Waals surface area (Å²) in [5, 5.41) is 2.44. The van der Waals surface area contributed by atoms with Gasteiger partial charge in [-0.3, -0.25) is 29.4 Å². The number of likely N-dealkylation sites (tertiary alicyclic amines) is 1. The normalized spacial score (nSPS) is 34.9. The molecule has 0 aromatic rings. The van der Waals surface area contributed by atoms with E-state index in [0.717, 1.165) is 12.8 Å². The first-order chi connectivity index (χ1) is 11.4. The van der Waals surface area contributed by atoms with Gasteiger partial charge < -0.3 is 0 Å². The van der Waals surface area contributed by atoms with Crippen LogP contribution in [0.5, 0.6) is 0 Å². The van der Waals surface area contributed by atoms with Crippen molar-refractivity contribution in [2.24, 2.45) is 23.7 Å². The fourth-order valence-corrected chi connectivity index (χ4v) is 4.54. The van der Waals surface area contributed by atoms with Gasteiger partial charge >= 0.3 is 0 Å². The summed E-state index contributed by atoms with van der Waals surface area (Å²) in [5.74, 6) is -1.25. The molecule has 0 aromatic heterocycles. The molecule has 4 atom stereocenters. The second kappa shape index (κ2) is 6.65. The van der Waals surface area contributed by atoms with E-state index in [9.17, 15) is 19.2 Å². The Morgan fingerprint density at radius 2 is 1.29 bits per heavy atom. The Kier molecular flexibility index (Phi) is 4.74. The van der Waals surface area contributed by atoms with Gasteiger partial charge in [0.25, 0.3) is 0 Å². The minimum atomic E-state index is -0.262. The smallest absolute Gasteiger partial charge is 0.232 e. The molecule has 2 aliphatic heterocycles. The lowest BCUT2D eigenvalue weighted by Crippen LogP contribution is -2.52. The number of nitrogens with one attached hydrogen (secondary N) is 1. The summed E-state index contributed by atoms with van der Waals surface area (Å²) in [7, 11) is 0. The third-order valence-corrected chi connectivity index (χ3v) is 5.80. The summed E-state index contributed by atoms with van der Waals surface area (Å²) >= 11 is 0. The van der Waals surface area contributed by atoms with Crippen LogP contribution in [0.1, 0.15) is 58.8 Å². The molecule has 0 spiro atoms. The van der Waals surface area contributed by atoms with Crippen molar-refractivity contribution in [2.45, 2.75) is 64.8 Å². The Morgan fingerprint density at radius 1 is 0.833 bits per heavy atom. The lowest BCUT2D eigenvalue weighted by Gasteiger charge is -2.38. The van der Waals surface area contributed by atoms with Crippen LogP contribution in [0, 0.1) is 23.7 Å². The Morgan fingerprint density at radius 3 is 1.71 bits per heavy atom. The number of carbonyl (C=O) groups is 4. The van der Waals surface area contributed by atoms with Crippen molar-refractivity contribution >= 4 is 23.6 Å². The highest BCUT2D eigenvalue weighted by Crippen LogP contribution is 2.37. The van der Waals surface area contributed by atoms with Crippen molar-refractivity contribution < 1.29 is 19.2 Å². The SMILES string of the molecule is CC(C)N1C(=O)C2CCCC3C(=O)NC(=O)C3CCCC(C2)C1=O. The molecule has 0 aromatic carbocycles. The van der Waals surface area contributed by atoms with Crippen LogP contribution < -0.4 is 5.32 Å². The van der Waals surface area contributed by atoms with E-state index in [1.54, 1.807) is 0 Å². The van der Waals surface area contributed by atoms with Crippen LogP contribution in [-0.4, -0.2) is 34.6 Å². The maximum Gasteiger partial charge on any atom is 0.232 e. The van der Waals surface area contributed by atoms with E-state index >= 15 is 0 Å². The zero-order chi connectivity index (χ0) is 17.4. The molecule has 6 nitrogen and oxygen atoms in total. The zero-order valence-corrected chi connectivity index (χ0v) is 14.4. The molecule has 132 valence electrons. The Labute approximate surface area is 142 Å². The van der Waals surface area contributed by atoms with Crippen molar-refractivity contribution in [3.63, 3.8) is 0 Å². The predicted molar refractivity (Wildman–Crippen MR) is 86.4 cm³/mol. The average molecular weight is 334 g/mol. The molecule has 3 fully saturated rings. The van der Waals surface area contributed by atoms with Crippen LogP contribution in [-0.2, 0) is 19.2 Å². The highest BCUT2D eigenvalue weighted by Gasteiger charge is 2.44. The Balaban J connectivity index is 1.80. The molecule has 4 amide bonds. The number of rotatable bonds is 1. The van der Waals surface area contributed by atoms with Gasteiger partial charge in [-0.25, -0.2) is 0 Å². The molecule has 1 N–H and O–H groups in total. The Hall–Kier alpha value is -1.72. The standard InChI is InChI=1S/C18H26N2O4/c1-10(2)20-17(23)11-5-3-7-13-14(16(22)19-15(13)21)8-4-6-12(9-11)18(20)24/h10-14H,3-9H2,1-2H3,(H,19,21,22). The number of imide groups is 2. The van der Waals surface area contributed by atoms with E-state index in [-0.39, 0.29) is 53.3 Å². The number of carbonyl (C=O) groups excluding carboxylic acids is 4. The van der Waals surface area contributed by atoms with Crippen LogP contribution in [0.3, 0.4) is 0 Å². The van der Waals surface area contributed by atoms with Gasteiger partial charge in [-0.15, -0.1) is 0 Å². The third-order valence-electron chi connectivity index (χ3n) is 5.80. The monoisotopic (exact) mass is 334 g/mol. The van der Waals surface area contributed by atoms with Gasteiger partial charge in [0.1, 0.15) is 0 Å². The van der Waals surface area contributed by atoms with Crippen LogP contribution in [0.25, 0.3) is 0 Å². The number of nitrogens with zero attached hydrogens (tertiary/aromatic N) is 1. The van der Waals surface area contributed by atoms with Gasteiger partial charge in [0.2, 0.25) is 23.6 Å². The lowest BCUT2D eigenvalue weighted by atomic mass is 9.82. The summed E-state index contributed by atoms with van der Waals surface area (Å²) in [6.07, 6.45) is 4.78. The molecule has 2 saturated heterocycles. The maximum absolute atomic E-state index is 12.7. The average Bonchev–Trinajstić information content (AvgIpc) is 2.76. The molecule has 2 heterocycles. The van der Waals surface area contributed by atoms with Gasteiger partial charge in [-0.05, 0) is 46.0 Å². The molecule has 24 heavy (non-hydrogen) atoms. The van der Waals surface area contributed by atoms with Gasteiger partial charge in [0, 0.05) is 29.7 Å². The predicted octanol–water partition coefficient (Wildman–Crippen LogP) is 1.63. The highest BCUT2D eigenvalue weighted by molar-refractivity contribution is 6.05. The van der Waals surface area contributed by atoms with Crippen LogP contribution >= 0.6 is 0 Å². The minimum Gasteiger partial charge on any atom is -0.296 e. The van der Waals surface area contributed by atoms with Crippen LogP contribution in [0.2, 0.25) is 0 Å². The molecule has 1 saturated carbocycles. The van der Waals surface area contributed by atoms with Crippen molar-refractivity contribution in [2.75, 3.05) is 0 Å². The molecule has 4 unspecified atom stereocenters. The van der Waals surface area contributed by atoms with Crippen molar-refractivity contribution in [1.82, 2.24) is 10.2 Å². The number of hydrogen-bond donors (Lipinski definition) is 1. The number of piperidine rings is 1. The second-order valence-corrected chi connectivity index (χ2v) is 7.70. The summed E-state index contributed by atoms with van der Waals surface area (Å²) < 4.78 is 0. The molecule has 3 rings (SSSR count). The van der Waals surface area contributed by atoms with E-state index in [1.165, 1.54) is 4.90 Å². The topological polar surface area (TPSA) is 83.6 Å². The minimum absolute atomic E-state index is 0.0611. The van der Waals surface area contributed by atoms with E-state index in [2.05, 4.69) is 5.32 Å². The largest absolute Gasteiger partial charge is 0.296 e. The molecule has 1 aliphatic carbocycles. The molecular weight excluding hydrogens is 308 g/mol. The van der Waals surface area contributed by atoms with Crippen LogP contribution in [0.4, 0.5) is 0 Å². The van der Waals surface area contributed by atoms with Gasteiger partial charge in [0.05, 0.1) is 0 Å². The maximum atomic E-state index is 12.7. The zero-order valence-electron chi connectivity index (χ0n) is 14.4. The molecular formula is C18H26N2O4. The summed E-state index contributed by atoms with van der Waals surface area (Å²) in [6, 6.07) is -0.118. The first-order valence-electron chi connectivity index (χ1n) is 9.11. The number of fused-ring (bicyclic) bond motifs is 3. The van der Waals surface area contributed by atoms with E-state index in [1.807, 2.05) is 13.8 Å². The Bertz CT molecular complexity index is 527. The van der Waals surface area contributed by atoms with Crippen molar-refractivity contribution in [3.05, 3.63) is 0 Å². The third kappa shape index (κ3) is 2.98. The summed E-state index contributed by atoms with van der Waals surface area (Å²) in [5.41, 5.74) is 0. The molecule has 0 radical (unpaired) electrons. The van der Waals surface area contributed by atoms with Gasteiger partial charge in [-0.2, -0.15) is 0 Å². The molecule has 6 heteroatoms. The van der Waals surface area contributed by atoms with Gasteiger partial charge in [0.15, 0.2) is 0 Å². The van der Waals surface area contributed by atoms with Crippen LogP contribution in [0.15, 0.2) is 0 Å². The second-order valence-electron chi connectivity index (χ2n) is 7.70. The first kappa shape index (κ1) is 17.1. The number of amides is 4. The van der Waals surface area contributed by atoms with Crippen molar-refractivity contribution in [1.29, 1.82) is 0 Å². The summed E-state index contributed by atoms with van der Waals surface area (Å²) in [6.45, 7) is 3.75. The summed E-state index contributed by atoms with van der Waals surface area (Å²) in [4.78, 5) is 50.7. The fraction of sp³-hybridized carbons (Fsp3) is 0.778. The first-order valence-corrected chi connectivity index (χ1v) is 9.11. The van der Waals surface area contributed by atoms with Crippen molar-refractivity contribution in [3.8, 4) is 0 Å². The molecule has 2 bridgehead atoms. The quantitative estimate of drug-likeness (QED) is 0.739.